The topological polar surface area (TPSA) is 76.3 Å². The summed E-state index contributed by atoms with van der Waals surface area (Å²) < 4.78 is 5.30. The third-order valence-electron chi connectivity index (χ3n) is 2.44. The second kappa shape index (κ2) is 5.62. The molecule has 0 saturated carbocycles. The molecule has 0 amide bonds. The third kappa shape index (κ3) is 2.80. The van der Waals surface area contributed by atoms with E-state index in [1.807, 2.05) is 6.07 Å². The van der Waals surface area contributed by atoms with E-state index in [0.717, 1.165) is 44.5 Å². The lowest BCUT2D eigenvalue weighted by atomic mass is 10.4. The highest BCUT2D eigenvalue weighted by atomic mass is 16.5. The summed E-state index contributed by atoms with van der Waals surface area (Å²) in [7, 11) is 0. The molecule has 0 aromatic carbocycles. The number of rotatable bonds is 4. The Labute approximate surface area is 94.8 Å². The Morgan fingerprint density at radius 1 is 1.38 bits per heavy atom. The van der Waals surface area contributed by atoms with Crippen molar-refractivity contribution in [3.8, 4) is 0 Å². The molecule has 0 spiro atoms. The van der Waals surface area contributed by atoms with Crippen LogP contribution < -0.4 is 16.0 Å². The summed E-state index contributed by atoms with van der Waals surface area (Å²) in [4.78, 5) is 10.6. The van der Waals surface area contributed by atoms with E-state index in [0.29, 0.717) is 6.54 Å². The highest BCUT2D eigenvalue weighted by Crippen LogP contribution is 2.14. The Morgan fingerprint density at radius 2 is 2.19 bits per heavy atom. The molecule has 0 radical (unpaired) electrons. The summed E-state index contributed by atoms with van der Waals surface area (Å²) in [6, 6.07) is 1.95. The van der Waals surface area contributed by atoms with Gasteiger partial charge < -0.3 is 20.7 Å². The molecule has 1 aromatic heterocycles. The zero-order chi connectivity index (χ0) is 11.2. The van der Waals surface area contributed by atoms with Crippen LogP contribution in [0.1, 0.15) is 0 Å². The van der Waals surface area contributed by atoms with Gasteiger partial charge in [0.2, 0.25) is 0 Å². The molecule has 0 unspecified atom stereocenters. The molecule has 1 aliphatic heterocycles. The highest BCUT2D eigenvalue weighted by molar-refractivity contribution is 5.48. The summed E-state index contributed by atoms with van der Waals surface area (Å²) in [5, 5.41) is 3.14. The van der Waals surface area contributed by atoms with E-state index in [-0.39, 0.29) is 0 Å². The molecule has 0 atom stereocenters. The maximum absolute atomic E-state index is 5.42. The van der Waals surface area contributed by atoms with Gasteiger partial charge in [0.05, 0.1) is 13.2 Å². The SMILES string of the molecule is NCCNc1cc(N2CCOCC2)ncn1. The van der Waals surface area contributed by atoms with E-state index in [1.54, 1.807) is 6.33 Å². The van der Waals surface area contributed by atoms with Gasteiger partial charge in [0.1, 0.15) is 18.0 Å². The van der Waals surface area contributed by atoms with Gasteiger partial charge in [-0.05, 0) is 0 Å². The van der Waals surface area contributed by atoms with Gasteiger partial charge in [-0.1, -0.05) is 0 Å². The van der Waals surface area contributed by atoms with Crippen LogP contribution in [0.3, 0.4) is 0 Å². The van der Waals surface area contributed by atoms with Gasteiger partial charge in [-0.3, -0.25) is 0 Å². The number of ether oxygens (including phenoxy) is 1. The molecule has 6 nitrogen and oxygen atoms in total. The smallest absolute Gasteiger partial charge is 0.134 e. The van der Waals surface area contributed by atoms with Crippen molar-refractivity contribution in [3.63, 3.8) is 0 Å². The van der Waals surface area contributed by atoms with Crippen LogP contribution in [0.4, 0.5) is 11.6 Å². The van der Waals surface area contributed by atoms with E-state index in [4.69, 9.17) is 10.5 Å². The van der Waals surface area contributed by atoms with Crippen molar-refractivity contribution in [1.29, 1.82) is 0 Å². The predicted octanol–water partition coefficient (Wildman–Crippen LogP) is -0.316. The van der Waals surface area contributed by atoms with E-state index in [9.17, 15) is 0 Å². The first-order chi connectivity index (χ1) is 7.90. The Kier molecular flexibility index (Phi) is 3.90. The molecule has 1 fully saturated rings. The van der Waals surface area contributed by atoms with Crippen LogP contribution >= 0.6 is 0 Å². The van der Waals surface area contributed by atoms with E-state index in [2.05, 4.69) is 20.2 Å². The first-order valence-corrected chi connectivity index (χ1v) is 5.49. The van der Waals surface area contributed by atoms with Crippen LogP contribution in [-0.2, 0) is 4.74 Å². The molecule has 0 bridgehead atoms. The van der Waals surface area contributed by atoms with Crippen LogP contribution in [0.2, 0.25) is 0 Å². The van der Waals surface area contributed by atoms with Crippen LogP contribution in [-0.4, -0.2) is 49.4 Å². The zero-order valence-electron chi connectivity index (χ0n) is 9.22. The molecular weight excluding hydrogens is 206 g/mol. The van der Waals surface area contributed by atoms with Crippen LogP contribution in [0, 0.1) is 0 Å². The average Bonchev–Trinajstić information content (AvgIpc) is 2.38. The van der Waals surface area contributed by atoms with E-state index in [1.165, 1.54) is 0 Å². The molecule has 2 heterocycles. The Morgan fingerprint density at radius 3 is 2.94 bits per heavy atom. The molecule has 0 aliphatic carbocycles. The molecule has 88 valence electrons. The molecule has 16 heavy (non-hydrogen) atoms. The minimum Gasteiger partial charge on any atom is -0.378 e. The molecule has 3 N–H and O–H groups in total. The van der Waals surface area contributed by atoms with E-state index < -0.39 is 0 Å². The van der Waals surface area contributed by atoms with Crippen molar-refractivity contribution in [3.05, 3.63) is 12.4 Å². The highest BCUT2D eigenvalue weighted by Gasteiger charge is 2.12. The number of nitrogens with one attached hydrogen (secondary N) is 1. The summed E-state index contributed by atoms with van der Waals surface area (Å²) in [5.41, 5.74) is 5.42. The Bertz CT molecular complexity index is 327. The number of aromatic nitrogens is 2. The fraction of sp³-hybridized carbons (Fsp3) is 0.600. The van der Waals surface area contributed by atoms with E-state index >= 15 is 0 Å². The van der Waals surface area contributed by atoms with Crippen molar-refractivity contribution < 1.29 is 4.74 Å². The van der Waals surface area contributed by atoms with Gasteiger partial charge in [-0.2, -0.15) is 0 Å². The molecule has 1 aliphatic rings. The maximum atomic E-state index is 5.42. The predicted molar refractivity (Wildman–Crippen MR) is 62.6 cm³/mol. The average molecular weight is 223 g/mol. The lowest BCUT2D eigenvalue weighted by molar-refractivity contribution is 0.122. The molecule has 1 saturated heterocycles. The zero-order valence-corrected chi connectivity index (χ0v) is 9.22. The van der Waals surface area contributed by atoms with Gasteiger partial charge in [0, 0.05) is 32.2 Å². The molecule has 6 heteroatoms. The fourth-order valence-corrected chi connectivity index (χ4v) is 1.61. The quantitative estimate of drug-likeness (QED) is 0.729. The summed E-state index contributed by atoms with van der Waals surface area (Å²) >= 11 is 0. The Hall–Kier alpha value is -1.40. The first-order valence-electron chi connectivity index (χ1n) is 5.49. The molecular formula is C10H17N5O. The minimum atomic E-state index is 0.594. The minimum absolute atomic E-state index is 0.594. The third-order valence-corrected chi connectivity index (χ3v) is 2.44. The number of hydrogen-bond donors (Lipinski definition) is 2. The van der Waals surface area contributed by atoms with Gasteiger partial charge in [0.15, 0.2) is 0 Å². The largest absolute Gasteiger partial charge is 0.378 e. The molecule has 1 aromatic rings. The van der Waals surface area contributed by atoms with Crippen molar-refractivity contribution in [2.45, 2.75) is 0 Å². The number of hydrogen-bond acceptors (Lipinski definition) is 6. The van der Waals surface area contributed by atoms with Crippen molar-refractivity contribution in [1.82, 2.24) is 9.97 Å². The Balaban J connectivity index is 2.02. The fourth-order valence-electron chi connectivity index (χ4n) is 1.61. The number of anilines is 2. The van der Waals surface area contributed by atoms with Crippen LogP contribution in [0.15, 0.2) is 12.4 Å². The van der Waals surface area contributed by atoms with Gasteiger partial charge in [0.25, 0.3) is 0 Å². The second-order valence-electron chi connectivity index (χ2n) is 3.58. The van der Waals surface area contributed by atoms with Gasteiger partial charge in [-0.15, -0.1) is 0 Å². The normalized spacial score (nSPS) is 16.2. The van der Waals surface area contributed by atoms with Gasteiger partial charge in [-0.25, -0.2) is 9.97 Å². The number of nitrogens with zero attached hydrogens (tertiary/aromatic N) is 3. The van der Waals surface area contributed by atoms with Crippen molar-refractivity contribution >= 4 is 11.6 Å². The first kappa shape index (κ1) is 11.1. The summed E-state index contributed by atoms with van der Waals surface area (Å²) in [5.74, 6) is 1.76. The van der Waals surface area contributed by atoms with Crippen LogP contribution in [0.5, 0.6) is 0 Å². The van der Waals surface area contributed by atoms with Crippen LogP contribution in [0.25, 0.3) is 0 Å². The second-order valence-corrected chi connectivity index (χ2v) is 3.58. The maximum Gasteiger partial charge on any atom is 0.134 e. The summed E-state index contributed by atoms with van der Waals surface area (Å²) in [6.07, 6.45) is 1.57. The summed E-state index contributed by atoms with van der Waals surface area (Å²) in [6.45, 7) is 4.60. The van der Waals surface area contributed by atoms with Crippen molar-refractivity contribution in [2.75, 3.05) is 49.6 Å². The van der Waals surface area contributed by atoms with Gasteiger partial charge >= 0.3 is 0 Å². The standard InChI is InChI=1S/C10H17N5O/c11-1-2-12-9-7-10(14-8-13-9)15-3-5-16-6-4-15/h7-8H,1-6,11H2,(H,12,13,14). The molecule has 2 rings (SSSR count). The lowest BCUT2D eigenvalue weighted by Gasteiger charge is -2.27. The number of morpholine rings is 1. The van der Waals surface area contributed by atoms with Crippen molar-refractivity contribution in [2.24, 2.45) is 5.73 Å². The lowest BCUT2D eigenvalue weighted by Crippen LogP contribution is -2.36. The monoisotopic (exact) mass is 223 g/mol. The number of nitrogens with two attached hydrogens (primary N) is 1.